The second-order valence-corrected chi connectivity index (χ2v) is 14.3. The molecule has 264 valence electrons. The molecule has 2 aliphatic rings. The Labute approximate surface area is 281 Å². The van der Waals surface area contributed by atoms with E-state index < -0.39 is 41.0 Å². The average molecular weight is 675 g/mol. The minimum Gasteiger partial charge on any atom is -0.492 e. The van der Waals surface area contributed by atoms with Gasteiger partial charge in [-0.3, -0.25) is 4.90 Å². The van der Waals surface area contributed by atoms with Gasteiger partial charge in [0.1, 0.15) is 41.9 Å². The van der Waals surface area contributed by atoms with Crippen LogP contribution in [0.4, 0.5) is 18.0 Å². The molecule has 2 aromatic carbocycles. The number of hydrogen-bond acceptors (Lipinski definition) is 6. The van der Waals surface area contributed by atoms with Crippen LogP contribution in [0, 0.1) is 11.6 Å². The highest BCUT2D eigenvalue weighted by Gasteiger charge is 2.43. The Morgan fingerprint density at radius 2 is 1.69 bits per heavy atom. The lowest BCUT2D eigenvalue weighted by Gasteiger charge is -2.44. The van der Waals surface area contributed by atoms with Crippen LogP contribution in [0.1, 0.15) is 90.0 Å². The molecule has 0 unspecified atom stereocenters. The quantitative estimate of drug-likeness (QED) is 0.193. The molecule has 1 amide bonds. The number of carboxylic acid groups (broad SMARTS) is 1. The number of nitrogens with zero attached hydrogens (tertiary/aromatic N) is 2. The summed E-state index contributed by atoms with van der Waals surface area (Å²) in [5, 5.41) is 8.68. The van der Waals surface area contributed by atoms with Crippen molar-refractivity contribution in [2.45, 2.75) is 97.0 Å². The summed E-state index contributed by atoms with van der Waals surface area (Å²) in [6.45, 7) is 10.6. The number of benzene rings is 2. The van der Waals surface area contributed by atoms with Gasteiger partial charge in [-0.25, -0.2) is 22.8 Å². The second-order valence-electron chi connectivity index (χ2n) is 14.3. The molecule has 11 heteroatoms. The molecule has 48 heavy (non-hydrogen) atoms. The molecular formula is C37H49F3N2O6. The number of fused-ring (bicyclic) bond motifs is 2. The second kappa shape index (κ2) is 15.8. The Balaban J connectivity index is 1.49. The Hall–Kier alpha value is -3.57. The summed E-state index contributed by atoms with van der Waals surface area (Å²) >= 11 is 0. The van der Waals surface area contributed by atoms with Crippen molar-refractivity contribution < 1.29 is 42.1 Å². The molecule has 0 saturated heterocycles. The first-order valence-electron chi connectivity index (χ1n) is 16.7. The number of ether oxygens (including phenoxy) is 3. The van der Waals surface area contributed by atoms with Crippen LogP contribution in [-0.2, 0) is 20.7 Å². The lowest BCUT2D eigenvalue weighted by Crippen LogP contribution is -2.47. The zero-order valence-corrected chi connectivity index (χ0v) is 28.9. The van der Waals surface area contributed by atoms with Crippen LogP contribution in [0.3, 0.4) is 0 Å². The first-order chi connectivity index (χ1) is 22.5. The maximum absolute atomic E-state index is 16.1. The summed E-state index contributed by atoms with van der Waals surface area (Å²) in [6, 6.07) is 9.37. The normalized spacial score (nSPS) is 18.0. The molecule has 2 aromatic rings. The van der Waals surface area contributed by atoms with Gasteiger partial charge in [0, 0.05) is 43.4 Å². The van der Waals surface area contributed by atoms with Crippen LogP contribution in [0.5, 0.6) is 5.75 Å². The molecule has 8 nitrogen and oxygen atoms in total. The van der Waals surface area contributed by atoms with Crippen LogP contribution >= 0.6 is 0 Å². The van der Waals surface area contributed by atoms with Crippen molar-refractivity contribution in [3.63, 3.8) is 0 Å². The Morgan fingerprint density at radius 3 is 2.33 bits per heavy atom. The van der Waals surface area contributed by atoms with Gasteiger partial charge in [-0.1, -0.05) is 24.3 Å². The first kappa shape index (κ1) is 37.3. The van der Waals surface area contributed by atoms with Crippen molar-refractivity contribution in [3.8, 4) is 5.75 Å². The molecule has 0 fully saturated rings. The third-order valence-corrected chi connectivity index (χ3v) is 8.45. The van der Waals surface area contributed by atoms with Gasteiger partial charge in [-0.05, 0) is 95.9 Å². The molecule has 1 aliphatic heterocycles. The van der Waals surface area contributed by atoms with E-state index in [2.05, 4.69) is 0 Å². The fourth-order valence-electron chi connectivity index (χ4n) is 6.49. The number of rotatable bonds is 15. The fourth-order valence-corrected chi connectivity index (χ4v) is 6.49. The Kier molecular flexibility index (Phi) is 12.2. The molecule has 1 N–H and O–H groups in total. The van der Waals surface area contributed by atoms with Crippen molar-refractivity contribution in [3.05, 3.63) is 70.3 Å². The van der Waals surface area contributed by atoms with Crippen molar-refractivity contribution in [2.75, 3.05) is 39.5 Å². The molecule has 0 radical (unpaired) electrons. The monoisotopic (exact) mass is 674 g/mol. The zero-order chi connectivity index (χ0) is 35.2. The Morgan fingerprint density at radius 1 is 1.00 bits per heavy atom. The number of halogens is 3. The predicted octanol–water partition coefficient (Wildman–Crippen LogP) is 7.75. The smallest absolute Gasteiger partial charge is 0.410 e. The molecular weight excluding hydrogens is 625 g/mol. The SMILES string of the molecule is C[C@@H]1CC2=C(Cc3ccccc32)[C@@H](c2c(F)cc(OCCN(CCCCCOCC(=O)O)C(=O)OC(C)(C)C)cc2F)N1CC(C)(C)F. The molecule has 0 spiro atoms. The third-order valence-electron chi connectivity index (χ3n) is 8.45. The molecule has 1 aliphatic carbocycles. The van der Waals surface area contributed by atoms with E-state index >= 15 is 13.2 Å². The highest BCUT2D eigenvalue weighted by molar-refractivity contribution is 5.79. The number of carbonyl (C=O) groups excluding carboxylic acids is 1. The highest BCUT2D eigenvalue weighted by atomic mass is 19.1. The van der Waals surface area contributed by atoms with E-state index in [0.29, 0.717) is 45.3 Å². The van der Waals surface area contributed by atoms with Gasteiger partial charge in [-0.2, -0.15) is 0 Å². The minimum atomic E-state index is -1.58. The van der Waals surface area contributed by atoms with Gasteiger partial charge in [0.25, 0.3) is 0 Å². The summed E-state index contributed by atoms with van der Waals surface area (Å²) in [5.41, 5.74) is 1.73. The van der Waals surface area contributed by atoms with E-state index in [0.717, 1.165) is 34.4 Å². The maximum atomic E-state index is 16.1. The maximum Gasteiger partial charge on any atom is 0.410 e. The largest absolute Gasteiger partial charge is 0.492 e. The van der Waals surface area contributed by atoms with Crippen LogP contribution in [0.25, 0.3) is 5.57 Å². The third kappa shape index (κ3) is 9.98. The number of hydrogen-bond donors (Lipinski definition) is 1. The predicted molar refractivity (Wildman–Crippen MR) is 178 cm³/mol. The fraction of sp³-hybridized carbons (Fsp3) is 0.568. The lowest BCUT2D eigenvalue weighted by atomic mass is 9.84. The number of carbonyl (C=O) groups is 2. The first-order valence-corrected chi connectivity index (χ1v) is 16.7. The zero-order valence-electron chi connectivity index (χ0n) is 28.9. The average Bonchev–Trinajstić information content (AvgIpc) is 3.33. The van der Waals surface area contributed by atoms with Crippen molar-refractivity contribution in [1.82, 2.24) is 9.80 Å². The topological polar surface area (TPSA) is 88.5 Å². The lowest BCUT2D eigenvalue weighted by molar-refractivity contribution is -0.142. The number of aliphatic carboxylic acids is 1. The van der Waals surface area contributed by atoms with Crippen molar-refractivity contribution >= 4 is 17.6 Å². The van der Waals surface area contributed by atoms with Gasteiger partial charge < -0.3 is 24.2 Å². The standard InChI is InChI=1S/C37H49F3N2O6/c1-24-18-28-27-13-9-8-12-25(27)19-29(28)34(42(24)23-37(5,6)40)33-30(38)20-26(21-31(33)39)47-17-15-41(35(45)48-36(2,3)4)14-10-7-11-16-46-22-32(43)44/h8-9,12-13,20-21,24,34H,7,10-11,14-19,22-23H2,1-6H3,(H,43,44)/t24-,34+/m1/s1. The molecule has 0 bridgehead atoms. The van der Waals surface area contributed by atoms with Gasteiger partial charge in [0.05, 0.1) is 12.6 Å². The number of amides is 1. The van der Waals surface area contributed by atoms with Gasteiger partial charge in [0.2, 0.25) is 0 Å². The van der Waals surface area contributed by atoms with Crippen molar-refractivity contribution in [1.29, 1.82) is 0 Å². The van der Waals surface area contributed by atoms with Crippen LogP contribution in [-0.4, -0.2) is 83.7 Å². The summed E-state index contributed by atoms with van der Waals surface area (Å²) in [5.74, 6) is -2.60. The van der Waals surface area contributed by atoms with Crippen LogP contribution in [0.2, 0.25) is 0 Å². The summed E-state index contributed by atoms with van der Waals surface area (Å²) in [4.78, 5) is 26.9. The minimum absolute atomic E-state index is 0.0128. The van der Waals surface area contributed by atoms with Crippen molar-refractivity contribution in [2.24, 2.45) is 0 Å². The Bertz CT molecular complexity index is 1460. The summed E-state index contributed by atoms with van der Waals surface area (Å²) in [7, 11) is 0. The van der Waals surface area contributed by atoms with Gasteiger partial charge in [-0.15, -0.1) is 0 Å². The van der Waals surface area contributed by atoms with Gasteiger partial charge >= 0.3 is 12.1 Å². The highest BCUT2D eigenvalue weighted by Crippen LogP contribution is 2.50. The van der Waals surface area contributed by atoms with E-state index in [9.17, 15) is 9.59 Å². The molecule has 2 atom stereocenters. The van der Waals surface area contributed by atoms with E-state index in [1.165, 1.54) is 18.7 Å². The summed E-state index contributed by atoms with van der Waals surface area (Å²) < 4.78 is 63.6. The van der Waals surface area contributed by atoms with Gasteiger partial charge in [0.15, 0.2) is 0 Å². The van der Waals surface area contributed by atoms with E-state index in [4.69, 9.17) is 19.3 Å². The number of alkyl halides is 1. The van der Waals surface area contributed by atoms with E-state index in [1.54, 1.807) is 20.8 Å². The molecule has 0 aromatic heterocycles. The van der Waals surface area contributed by atoms with Crippen LogP contribution < -0.4 is 4.74 Å². The molecule has 1 heterocycles. The molecule has 0 saturated carbocycles. The van der Waals surface area contributed by atoms with E-state index in [1.807, 2.05) is 36.1 Å². The van der Waals surface area contributed by atoms with E-state index in [-0.39, 0.29) is 43.7 Å². The number of carboxylic acids is 1. The number of unbranched alkanes of at least 4 members (excludes halogenated alkanes) is 2. The molecule has 4 rings (SSSR count). The van der Waals surface area contributed by atoms with Crippen LogP contribution in [0.15, 0.2) is 42.0 Å². The summed E-state index contributed by atoms with van der Waals surface area (Å²) in [6.07, 6.45) is 2.60.